The van der Waals surface area contributed by atoms with Gasteiger partial charge in [-0.15, -0.1) is 0 Å². The number of hydrogen-bond acceptors (Lipinski definition) is 2. The van der Waals surface area contributed by atoms with Gasteiger partial charge in [0.15, 0.2) is 0 Å². The average molecular weight is 366 g/mol. The maximum absolute atomic E-state index is 12.4. The van der Waals surface area contributed by atoms with Crippen molar-refractivity contribution in [2.45, 2.75) is 45.4 Å². The van der Waals surface area contributed by atoms with Crippen LogP contribution in [0.2, 0.25) is 13.1 Å². The average Bonchev–Trinajstić information content (AvgIpc) is 2.61. The fourth-order valence-corrected chi connectivity index (χ4v) is 6.18. The van der Waals surface area contributed by atoms with Gasteiger partial charge in [-0.1, -0.05) is 84.6 Å². The molecule has 1 atom stereocenters. The van der Waals surface area contributed by atoms with Crippen LogP contribution < -0.4 is 5.19 Å². The van der Waals surface area contributed by atoms with Gasteiger partial charge >= 0.3 is 0 Å². The molecule has 1 aliphatic rings. The van der Waals surface area contributed by atoms with E-state index < -0.39 is 13.7 Å². The minimum Gasteiger partial charge on any atom is -0.393 e. The van der Waals surface area contributed by atoms with Crippen molar-refractivity contribution in [3.05, 3.63) is 82.7 Å². The molecule has 2 aromatic rings. The third-order valence-corrected chi connectivity index (χ3v) is 8.04. The molecule has 3 nitrogen and oxygen atoms in total. The monoisotopic (exact) mass is 365 g/mol. The smallest absolute Gasteiger partial charge is 0.230 e. The van der Waals surface area contributed by atoms with Gasteiger partial charge in [-0.3, -0.25) is 5.21 Å². The molecule has 0 aliphatic carbocycles. The molecule has 3 rings (SSSR count). The molecule has 136 valence electrons. The second-order valence-electron chi connectivity index (χ2n) is 8.03. The van der Waals surface area contributed by atoms with Crippen LogP contribution in [0.15, 0.2) is 71.9 Å². The molecule has 0 saturated carbocycles. The first-order chi connectivity index (χ1) is 12.2. The summed E-state index contributed by atoms with van der Waals surface area (Å²) in [6.07, 6.45) is 0. The molecule has 1 unspecified atom stereocenters. The molecule has 1 heterocycles. The Balaban J connectivity index is 2.18. The molecule has 4 heteroatoms. The van der Waals surface area contributed by atoms with E-state index in [1.807, 2.05) is 39.0 Å². The Kier molecular flexibility index (Phi) is 4.80. The predicted octanol–water partition coefficient (Wildman–Crippen LogP) is 4.55. The molecule has 0 fully saturated rings. The molecule has 0 aromatic heterocycles. The molecule has 0 spiro atoms. The third kappa shape index (κ3) is 3.47. The third-order valence-electron chi connectivity index (χ3n) is 5.19. The molecule has 1 aliphatic heterocycles. The van der Waals surface area contributed by atoms with Crippen molar-refractivity contribution in [3.63, 3.8) is 0 Å². The minimum absolute atomic E-state index is 0.0621. The summed E-state index contributed by atoms with van der Waals surface area (Å²) in [4.78, 5) is 6.43. The Bertz CT molecular complexity index is 839. The number of hydrogen-bond donors (Lipinski definition) is 0. The van der Waals surface area contributed by atoms with Gasteiger partial charge in [0.2, 0.25) is 5.71 Å². The highest BCUT2D eigenvalue weighted by molar-refractivity contribution is 6.94. The lowest BCUT2D eigenvalue weighted by Crippen LogP contribution is -2.47. The Labute approximate surface area is 157 Å². The van der Waals surface area contributed by atoms with E-state index in [1.165, 1.54) is 10.8 Å². The first-order valence-electron chi connectivity index (χ1n) is 9.06. The van der Waals surface area contributed by atoms with Crippen LogP contribution in [-0.2, 0) is 4.84 Å². The van der Waals surface area contributed by atoms with Crippen molar-refractivity contribution < 1.29 is 9.74 Å². The lowest BCUT2D eigenvalue weighted by atomic mass is 9.80. The second-order valence-corrected chi connectivity index (χ2v) is 12.3. The summed E-state index contributed by atoms with van der Waals surface area (Å²) < 4.78 is 0. The van der Waals surface area contributed by atoms with Crippen LogP contribution in [0.3, 0.4) is 0 Å². The molecule has 2 aromatic carbocycles. The molecular formula is C22H27NO2Si. The van der Waals surface area contributed by atoms with Crippen molar-refractivity contribution in [1.29, 1.82) is 0 Å². The molecule has 0 N–H and O–H groups in total. The highest BCUT2D eigenvalue weighted by Crippen LogP contribution is 2.39. The van der Waals surface area contributed by atoms with Gasteiger partial charge in [-0.2, -0.15) is 0 Å². The summed E-state index contributed by atoms with van der Waals surface area (Å²) in [6.45, 7) is 10.5. The van der Waals surface area contributed by atoms with E-state index in [1.54, 1.807) is 0 Å². The van der Waals surface area contributed by atoms with E-state index in [4.69, 9.17) is 4.84 Å². The van der Waals surface area contributed by atoms with E-state index in [0.29, 0.717) is 10.6 Å². The van der Waals surface area contributed by atoms with Crippen LogP contribution in [-0.4, -0.2) is 24.3 Å². The second kappa shape index (κ2) is 6.76. The summed E-state index contributed by atoms with van der Waals surface area (Å²) >= 11 is 0. The lowest BCUT2D eigenvalue weighted by molar-refractivity contribution is -0.765. The highest BCUT2D eigenvalue weighted by atomic mass is 28.3. The molecular weight excluding hydrogens is 338 g/mol. The van der Waals surface area contributed by atoms with Crippen LogP contribution in [0.25, 0.3) is 0 Å². The van der Waals surface area contributed by atoms with Crippen LogP contribution in [0.5, 0.6) is 0 Å². The quantitative estimate of drug-likeness (QED) is 0.591. The Morgan fingerprint density at radius 2 is 1.54 bits per heavy atom. The summed E-state index contributed by atoms with van der Waals surface area (Å²) in [6, 6.07) is 20.9. The Morgan fingerprint density at radius 3 is 2.12 bits per heavy atom. The summed E-state index contributed by atoms with van der Waals surface area (Å²) in [5, 5.41) is 13.8. The Hall–Kier alpha value is -2.33. The summed E-state index contributed by atoms with van der Waals surface area (Å²) in [5.74, 6) is -0.0621. The van der Waals surface area contributed by atoms with Crippen molar-refractivity contribution in [1.82, 2.24) is 0 Å². The molecule has 0 bridgehead atoms. The molecule has 26 heavy (non-hydrogen) atoms. The molecule has 0 amide bonds. The van der Waals surface area contributed by atoms with Gasteiger partial charge in [0.05, 0.1) is 11.5 Å². The number of rotatable bonds is 3. The zero-order valence-corrected chi connectivity index (χ0v) is 17.2. The van der Waals surface area contributed by atoms with E-state index >= 15 is 0 Å². The molecule has 0 radical (unpaired) electrons. The van der Waals surface area contributed by atoms with Crippen molar-refractivity contribution in [2.24, 2.45) is 0 Å². The zero-order valence-electron chi connectivity index (χ0n) is 16.2. The van der Waals surface area contributed by atoms with Crippen LogP contribution in [0.1, 0.15) is 32.3 Å². The SMILES string of the molecule is CC1=[N+]([O-])OC(C)(C)/C(=C/[Si](C)(C)c2ccccc2)C1c1ccccc1. The standard InChI is InChI=1S/C22H27NO2Si/c1-17-21(18-12-8-6-9-13-18)20(22(2,3)25-23(17)24)16-26(4,5)19-14-10-7-11-15-19/h6-16,21H,1-5H3/b20-16+. The maximum atomic E-state index is 12.4. The first-order valence-corrected chi connectivity index (χ1v) is 12.1. The fraction of sp³-hybridized carbons (Fsp3) is 0.318. The fourth-order valence-electron chi connectivity index (χ4n) is 3.67. The van der Waals surface area contributed by atoms with Gasteiger partial charge in [-0.25, -0.2) is 0 Å². The van der Waals surface area contributed by atoms with Gasteiger partial charge < -0.3 is 4.84 Å². The van der Waals surface area contributed by atoms with Gasteiger partial charge in [-0.05, 0) is 25.0 Å². The molecule has 0 saturated heterocycles. The normalized spacial score (nSPS) is 21.6. The predicted molar refractivity (Wildman–Crippen MR) is 110 cm³/mol. The highest BCUT2D eigenvalue weighted by Gasteiger charge is 2.42. The van der Waals surface area contributed by atoms with Crippen LogP contribution in [0.4, 0.5) is 0 Å². The van der Waals surface area contributed by atoms with E-state index in [2.05, 4.69) is 61.3 Å². The number of nitrogens with zero attached hydrogens (tertiary/aromatic N) is 1. The largest absolute Gasteiger partial charge is 0.393 e. The maximum Gasteiger partial charge on any atom is 0.230 e. The number of benzene rings is 2. The van der Waals surface area contributed by atoms with E-state index in [-0.39, 0.29) is 5.92 Å². The van der Waals surface area contributed by atoms with E-state index in [9.17, 15) is 5.21 Å². The summed E-state index contributed by atoms with van der Waals surface area (Å²) in [5.41, 5.74) is 4.75. The summed E-state index contributed by atoms with van der Waals surface area (Å²) in [7, 11) is -1.86. The van der Waals surface area contributed by atoms with Crippen molar-refractivity contribution in [3.8, 4) is 0 Å². The van der Waals surface area contributed by atoms with Gasteiger partial charge in [0, 0.05) is 11.8 Å². The first kappa shape index (κ1) is 18.5. The van der Waals surface area contributed by atoms with Gasteiger partial charge in [0.1, 0.15) is 8.07 Å². The Morgan fingerprint density at radius 1 is 1.00 bits per heavy atom. The minimum atomic E-state index is -1.86. The van der Waals surface area contributed by atoms with E-state index in [0.717, 1.165) is 5.56 Å². The topological polar surface area (TPSA) is 35.3 Å². The van der Waals surface area contributed by atoms with Crippen molar-refractivity contribution >= 4 is 19.0 Å². The zero-order chi connectivity index (χ0) is 18.9. The van der Waals surface area contributed by atoms with Crippen LogP contribution >= 0.6 is 0 Å². The van der Waals surface area contributed by atoms with Gasteiger partial charge in [0.25, 0.3) is 0 Å². The van der Waals surface area contributed by atoms with Crippen molar-refractivity contribution in [2.75, 3.05) is 0 Å². The lowest BCUT2D eigenvalue weighted by Gasteiger charge is -2.40. The van der Waals surface area contributed by atoms with Crippen LogP contribution in [0, 0.1) is 5.21 Å².